The van der Waals surface area contributed by atoms with Gasteiger partial charge in [-0.1, -0.05) is 12.1 Å². The van der Waals surface area contributed by atoms with Crippen LogP contribution in [0.2, 0.25) is 0 Å². The maximum absolute atomic E-state index is 11.8. The summed E-state index contributed by atoms with van der Waals surface area (Å²) in [6.07, 6.45) is -0.724. The summed E-state index contributed by atoms with van der Waals surface area (Å²) < 4.78 is 15.6. The number of amides is 1. The van der Waals surface area contributed by atoms with E-state index in [4.69, 9.17) is 14.2 Å². The molecule has 0 heterocycles. The number of carboxylic acid groups (broad SMARTS) is 1. The average molecular weight is 395 g/mol. The normalized spacial score (nSPS) is 12.6. The van der Waals surface area contributed by atoms with Crippen LogP contribution in [0.15, 0.2) is 24.3 Å². The predicted molar refractivity (Wildman–Crippen MR) is 102 cm³/mol. The van der Waals surface area contributed by atoms with Gasteiger partial charge < -0.3 is 24.6 Å². The molecular formula is C20H29NO7. The number of esters is 1. The van der Waals surface area contributed by atoms with Crippen molar-refractivity contribution in [1.82, 2.24) is 5.32 Å². The molecule has 1 atom stereocenters. The van der Waals surface area contributed by atoms with Crippen molar-refractivity contribution in [3.05, 3.63) is 29.8 Å². The molecule has 2 N–H and O–H groups in total. The molecule has 1 amide bonds. The van der Waals surface area contributed by atoms with Gasteiger partial charge in [-0.05, 0) is 59.2 Å². The molecule has 1 rings (SSSR count). The fourth-order valence-corrected chi connectivity index (χ4v) is 2.12. The van der Waals surface area contributed by atoms with Crippen molar-refractivity contribution in [2.75, 3.05) is 6.61 Å². The second kappa shape index (κ2) is 9.43. The van der Waals surface area contributed by atoms with E-state index in [0.29, 0.717) is 11.3 Å². The van der Waals surface area contributed by atoms with E-state index in [-0.39, 0.29) is 13.0 Å². The highest BCUT2D eigenvalue weighted by Crippen LogP contribution is 2.15. The number of nitrogens with one attached hydrogen (secondary N) is 1. The number of aliphatic carboxylic acids is 1. The van der Waals surface area contributed by atoms with Crippen LogP contribution < -0.4 is 10.1 Å². The minimum atomic E-state index is -1.17. The van der Waals surface area contributed by atoms with Crippen molar-refractivity contribution in [1.29, 1.82) is 0 Å². The van der Waals surface area contributed by atoms with Gasteiger partial charge in [-0.15, -0.1) is 0 Å². The zero-order valence-corrected chi connectivity index (χ0v) is 17.2. The molecule has 0 saturated heterocycles. The molecule has 0 aliphatic heterocycles. The van der Waals surface area contributed by atoms with Crippen LogP contribution in [-0.2, 0) is 25.5 Å². The first-order chi connectivity index (χ1) is 12.7. The van der Waals surface area contributed by atoms with Crippen molar-refractivity contribution in [2.24, 2.45) is 0 Å². The lowest BCUT2D eigenvalue weighted by Gasteiger charge is -2.22. The molecule has 0 radical (unpaired) electrons. The van der Waals surface area contributed by atoms with Crippen LogP contribution in [0.5, 0.6) is 5.75 Å². The maximum Gasteiger partial charge on any atom is 0.408 e. The zero-order valence-electron chi connectivity index (χ0n) is 17.2. The van der Waals surface area contributed by atoms with Crippen molar-refractivity contribution >= 4 is 18.0 Å². The van der Waals surface area contributed by atoms with Crippen LogP contribution in [0, 0.1) is 0 Å². The van der Waals surface area contributed by atoms with E-state index in [1.54, 1.807) is 65.8 Å². The molecular weight excluding hydrogens is 366 g/mol. The standard InChI is InChI=1S/C20H29NO7/c1-19(2,3)27-16(22)12-26-14-9-7-13(8-10-14)11-15(17(23)24)21-18(25)28-20(4,5)6/h7-10,15H,11-12H2,1-6H3,(H,21,25)(H,23,24). The molecule has 1 aromatic carbocycles. The van der Waals surface area contributed by atoms with Gasteiger partial charge in [-0.2, -0.15) is 0 Å². The van der Waals surface area contributed by atoms with E-state index >= 15 is 0 Å². The maximum atomic E-state index is 11.8. The van der Waals surface area contributed by atoms with E-state index in [1.807, 2.05) is 0 Å². The Morgan fingerprint density at radius 3 is 1.96 bits per heavy atom. The lowest BCUT2D eigenvalue weighted by Crippen LogP contribution is -2.44. The molecule has 8 heteroatoms. The Morgan fingerprint density at radius 2 is 1.50 bits per heavy atom. The van der Waals surface area contributed by atoms with Gasteiger partial charge in [0, 0.05) is 6.42 Å². The second-order valence-electron chi connectivity index (χ2n) is 8.26. The van der Waals surface area contributed by atoms with Crippen LogP contribution in [0.4, 0.5) is 4.79 Å². The van der Waals surface area contributed by atoms with Crippen LogP contribution in [0.3, 0.4) is 0 Å². The number of rotatable bonds is 7. The molecule has 1 aromatic rings. The summed E-state index contributed by atoms with van der Waals surface area (Å²) in [6, 6.07) is 5.43. The molecule has 28 heavy (non-hydrogen) atoms. The van der Waals surface area contributed by atoms with Crippen molar-refractivity contribution < 1.29 is 33.7 Å². The third-order valence-electron chi connectivity index (χ3n) is 3.13. The van der Waals surface area contributed by atoms with E-state index < -0.39 is 35.3 Å². The lowest BCUT2D eigenvalue weighted by atomic mass is 10.1. The van der Waals surface area contributed by atoms with Crippen molar-refractivity contribution in [3.8, 4) is 5.75 Å². The van der Waals surface area contributed by atoms with Gasteiger partial charge in [-0.3, -0.25) is 0 Å². The second-order valence-corrected chi connectivity index (χ2v) is 8.26. The first-order valence-electron chi connectivity index (χ1n) is 8.91. The summed E-state index contributed by atoms with van der Waals surface area (Å²) in [5, 5.41) is 11.7. The largest absolute Gasteiger partial charge is 0.482 e. The summed E-state index contributed by atoms with van der Waals surface area (Å²) >= 11 is 0. The molecule has 8 nitrogen and oxygen atoms in total. The molecule has 0 aliphatic rings. The quantitative estimate of drug-likeness (QED) is 0.683. The Balaban J connectivity index is 2.62. The topological polar surface area (TPSA) is 111 Å². The van der Waals surface area contributed by atoms with E-state index in [1.165, 1.54) is 0 Å². The Morgan fingerprint density at radius 1 is 0.964 bits per heavy atom. The van der Waals surface area contributed by atoms with Crippen LogP contribution in [-0.4, -0.2) is 47.0 Å². The molecule has 1 unspecified atom stereocenters. The Hall–Kier alpha value is -2.77. The molecule has 0 spiro atoms. The molecule has 0 fully saturated rings. The number of ether oxygens (including phenoxy) is 3. The van der Waals surface area contributed by atoms with Gasteiger partial charge in [0.2, 0.25) is 0 Å². The predicted octanol–water partition coefficient (Wildman–Crippen LogP) is 2.93. The van der Waals surface area contributed by atoms with Gasteiger partial charge in [-0.25, -0.2) is 14.4 Å². The molecule has 0 aliphatic carbocycles. The smallest absolute Gasteiger partial charge is 0.408 e. The highest BCUT2D eigenvalue weighted by molar-refractivity contribution is 5.80. The molecule has 0 bridgehead atoms. The van der Waals surface area contributed by atoms with Crippen LogP contribution in [0.25, 0.3) is 0 Å². The number of hydrogen-bond acceptors (Lipinski definition) is 6. The number of carbonyl (C=O) groups excluding carboxylic acids is 2. The number of benzene rings is 1. The Labute approximate surface area is 165 Å². The molecule has 0 saturated carbocycles. The first kappa shape index (κ1) is 23.3. The summed E-state index contributed by atoms with van der Waals surface area (Å²) in [5.74, 6) is -1.21. The average Bonchev–Trinajstić information content (AvgIpc) is 2.50. The van der Waals surface area contributed by atoms with Gasteiger partial charge in [0.25, 0.3) is 0 Å². The van der Waals surface area contributed by atoms with E-state index in [2.05, 4.69) is 5.32 Å². The summed E-state index contributed by atoms with van der Waals surface area (Å²) in [4.78, 5) is 34.9. The molecule has 156 valence electrons. The van der Waals surface area contributed by atoms with Gasteiger partial charge in [0.15, 0.2) is 6.61 Å². The SMILES string of the molecule is CC(C)(C)OC(=O)COc1ccc(CC(NC(=O)OC(C)(C)C)C(=O)O)cc1. The van der Waals surface area contributed by atoms with Gasteiger partial charge in [0.05, 0.1) is 0 Å². The first-order valence-corrected chi connectivity index (χ1v) is 8.91. The van der Waals surface area contributed by atoms with Gasteiger partial charge in [0.1, 0.15) is 23.0 Å². The summed E-state index contributed by atoms with van der Waals surface area (Å²) in [5.41, 5.74) is -0.634. The fourth-order valence-electron chi connectivity index (χ4n) is 2.12. The highest BCUT2D eigenvalue weighted by Gasteiger charge is 2.24. The monoisotopic (exact) mass is 395 g/mol. The fraction of sp³-hybridized carbons (Fsp3) is 0.550. The number of carboxylic acids is 1. The summed E-state index contributed by atoms with van der Waals surface area (Å²) in [7, 11) is 0. The van der Waals surface area contributed by atoms with Crippen LogP contribution in [0.1, 0.15) is 47.1 Å². The lowest BCUT2D eigenvalue weighted by molar-refractivity contribution is -0.157. The number of carbonyl (C=O) groups is 3. The minimum Gasteiger partial charge on any atom is -0.482 e. The minimum absolute atomic E-state index is 0.0704. The van der Waals surface area contributed by atoms with Gasteiger partial charge >= 0.3 is 18.0 Å². The third kappa shape index (κ3) is 9.80. The zero-order chi connectivity index (χ0) is 21.5. The van der Waals surface area contributed by atoms with Crippen molar-refractivity contribution in [3.63, 3.8) is 0 Å². The third-order valence-corrected chi connectivity index (χ3v) is 3.13. The Kier molecular flexibility index (Phi) is 7.84. The highest BCUT2D eigenvalue weighted by atomic mass is 16.6. The van der Waals surface area contributed by atoms with E-state index in [9.17, 15) is 19.5 Å². The van der Waals surface area contributed by atoms with Crippen LogP contribution >= 0.6 is 0 Å². The van der Waals surface area contributed by atoms with E-state index in [0.717, 1.165) is 0 Å². The number of hydrogen-bond donors (Lipinski definition) is 2. The Bertz CT molecular complexity index is 684. The molecule has 0 aromatic heterocycles. The van der Waals surface area contributed by atoms with Crippen molar-refractivity contribution in [2.45, 2.75) is 65.2 Å². The summed E-state index contributed by atoms with van der Waals surface area (Å²) in [6.45, 7) is 10.2. The number of alkyl carbamates (subject to hydrolysis) is 1.